The lowest BCUT2D eigenvalue weighted by Gasteiger charge is -2.23. The zero-order valence-electron chi connectivity index (χ0n) is 11.1. The van der Waals surface area contributed by atoms with Crippen molar-refractivity contribution in [3.8, 4) is 0 Å². The fraction of sp³-hybridized carbons (Fsp3) is 0.312. The van der Waals surface area contributed by atoms with Gasteiger partial charge in [-0.05, 0) is 30.4 Å². The van der Waals surface area contributed by atoms with Crippen molar-refractivity contribution >= 4 is 16.7 Å². The Morgan fingerprint density at radius 3 is 2.75 bits per heavy atom. The molecule has 104 valence electrons. The van der Waals surface area contributed by atoms with Crippen LogP contribution in [0, 0.1) is 5.82 Å². The van der Waals surface area contributed by atoms with Crippen molar-refractivity contribution in [1.29, 1.82) is 0 Å². The summed E-state index contributed by atoms with van der Waals surface area (Å²) in [5, 5.41) is 10.4. The van der Waals surface area contributed by atoms with Crippen molar-refractivity contribution in [3.63, 3.8) is 0 Å². The molecule has 0 aliphatic carbocycles. The minimum atomic E-state index is -0.322. The Kier molecular flexibility index (Phi) is 3.40. The van der Waals surface area contributed by atoms with Crippen molar-refractivity contribution in [3.05, 3.63) is 47.8 Å². The maximum absolute atomic E-state index is 13.8. The van der Waals surface area contributed by atoms with Gasteiger partial charge in [0.15, 0.2) is 0 Å². The molecule has 1 unspecified atom stereocenters. The Labute approximate surface area is 116 Å². The van der Waals surface area contributed by atoms with Gasteiger partial charge in [-0.1, -0.05) is 24.3 Å². The highest BCUT2D eigenvalue weighted by molar-refractivity contribution is 6.07. The molecule has 3 rings (SSSR count). The molecule has 1 amide bonds. The molecule has 1 atom stereocenters. The minimum absolute atomic E-state index is 0.0229. The van der Waals surface area contributed by atoms with Crippen LogP contribution in [0.1, 0.15) is 23.2 Å². The summed E-state index contributed by atoms with van der Waals surface area (Å²) in [6, 6.07) is 9.74. The van der Waals surface area contributed by atoms with Crippen molar-refractivity contribution in [2.75, 3.05) is 13.2 Å². The summed E-state index contributed by atoms with van der Waals surface area (Å²) in [4.78, 5) is 14.3. The van der Waals surface area contributed by atoms with Gasteiger partial charge in [0.2, 0.25) is 0 Å². The molecule has 2 aromatic carbocycles. The molecule has 2 aromatic rings. The second-order valence-electron chi connectivity index (χ2n) is 5.12. The number of aliphatic hydroxyl groups is 1. The predicted molar refractivity (Wildman–Crippen MR) is 75.1 cm³/mol. The Balaban J connectivity index is 2.06. The lowest BCUT2D eigenvalue weighted by atomic mass is 10.0. The first kappa shape index (κ1) is 13.1. The first-order valence-electron chi connectivity index (χ1n) is 6.81. The first-order chi connectivity index (χ1) is 9.72. The van der Waals surface area contributed by atoms with Gasteiger partial charge in [0.1, 0.15) is 5.82 Å². The second-order valence-corrected chi connectivity index (χ2v) is 5.12. The van der Waals surface area contributed by atoms with Crippen LogP contribution < -0.4 is 0 Å². The van der Waals surface area contributed by atoms with Gasteiger partial charge in [-0.2, -0.15) is 0 Å². The standard InChI is InChI=1S/C16H16FNO2/c17-15-8-7-14(12-5-1-2-6-13(12)15)16(20)18-9-3-4-11(18)10-19/h1-2,5-8,11,19H,3-4,9-10H2. The lowest BCUT2D eigenvalue weighted by Crippen LogP contribution is -2.37. The topological polar surface area (TPSA) is 40.5 Å². The molecule has 0 bridgehead atoms. The number of likely N-dealkylation sites (tertiary alicyclic amines) is 1. The summed E-state index contributed by atoms with van der Waals surface area (Å²) in [5.74, 6) is -0.449. The first-order valence-corrected chi connectivity index (χ1v) is 6.81. The number of carbonyl (C=O) groups is 1. The Morgan fingerprint density at radius 2 is 2.00 bits per heavy atom. The van der Waals surface area contributed by atoms with Crippen LogP contribution in [0.2, 0.25) is 0 Å². The number of carbonyl (C=O) groups excluding carboxylic acids is 1. The molecule has 0 spiro atoms. The van der Waals surface area contributed by atoms with E-state index >= 15 is 0 Å². The fourth-order valence-electron chi connectivity index (χ4n) is 2.90. The zero-order valence-corrected chi connectivity index (χ0v) is 11.1. The number of aliphatic hydroxyl groups excluding tert-OH is 1. The van der Waals surface area contributed by atoms with Crippen molar-refractivity contribution in [1.82, 2.24) is 4.90 Å². The summed E-state index contributed by atoms with van der Waals surface area (Å²) in [6.45, 7) is 0.626. The van der Waals surface area contributed by atoms with E-state index in [1.807, 2.05) is 0 Å². The highest BCUT2D eigenvalue weighted by Gasteiger charge is 2.29. The Hall–Kier alpha value is -1.94. The van der Waals surface area contributed by atoms with E-state index < -0.39 is 0 Å². The number of hydrogen-bond donors (Lipinski definition) is 1. The molecule has 1 saturated heterocycles. The third-order valence-electron chi connectivity index (χ3n) is 3.95. The van der Waals surface area contributed by atoms with Crippen LogP contribution in [-0.4, -0.2) is 35.1 Å². The molecule has 4 heteroatoms. The molecule has 0 aromatic heterocycles. The summed E-state index contributed by atoms with van der Waals surface area (Å²) in [5.41, 5.74) is 0.502. The number of rotatable bonds is 2. The van der Waals surface area contributed by atoms with Gasteiger partial charge in [-0.3, -0.25) is 4.79 Å². The number of nitrogens with zero attached hydrogens (tertiary/aromatic N) is 1. The van der Waals surface area contributed by atoms with Gasteiger partial charge in [0.25, 0.3) is 5.91 Å². The molecule has 0 saturated carbocycles. The largest absolute Gasteiger partial charge is 0.394 e. The third kappa shape index (κ3) is 2.06. The SMILES string of the molecule is O=C(c1ccc(F)c2ccccc12)N1CCCC1CO. The van der Waals surface area contributed by atoms with E-state index in [0.717, 1.165) is 12.8 Å². The van der Waals surface area contributed by atoms with Gasteiger partial charge in [-0.25, -0.2) is 4.39 Å². The van der Waals surface area contributed by atoms with Crippen LogP contribution in [0.5, 0.6) is 0 Å². The lowest BCUT2D eigenvalue weighted by molar-refractivity contribution is 0.0679. The molecule has 0 radical (unpaired) electrons. The molecule has 1 heterocycles. The number of halogens is 1. The van der Waals surface area contributed by atoms with Gasteiger partial charge < -0.3 is 10.0 Å². The molecule has 1 aliphatic rings. The van der Waals surface area contributed by atoms with E-state index in [4.69, 9.17) is 0 Å². The molecule has 1 aliphatic heterocycles. The normalized spacial score (nSPS) is 18.7. The summed E-state index contributed by atoms with van der Waals surface area (Å²) in [7, 11) is 0. The van der Waals surface area contributed by atoms with Gasteiger partial charge in [0.05, 0.1) is 12.6 Å². The molecule has 20 heavy (non-hydrogen) atoms. The third-order valence-corrected chi connectivity index (χ3v) is 3.95. The van der Waals surface area contributed by atoms with Crippen molar-refractivity contribution in [2.24, 2.45) is 0 Å². The van der Waals surface area contributed by atoms with Crippen LogP contribution in [0.15, 0.2) is 36.4 Å². The van der Waals surface area contributed by atoms with Gasteiger partial charge in [-0.15, -0.1) is 0 Å². The molecular formula is C16H16FNO2. The zero-order chi connectivity index (χ0) is 14.1. The van der Waals surface area contributed by atoms with E-state index in [-0.39, 0.29) is 24.4 Å². The summed E-state index contributed by atoms with van der Waals surface area (Å²) < 4.78 is 13.8. The van der Waals surface area contributed by atoms with E-state index in [1.165, 1.54) is 12.1 Å². The summed E-state index contributed by atoms with van der Waals surface area (Å²) in [6.07, 6.45) is 1.72. The monoisotopic (exact) mass is 273 g/mol. The second kappa shape index (κ2) is 5.21. The van der Waals surface area contributed by atoms with E-state index in [1.54, 1.807) is 29.2 Å². The van der Waals surface area contributed by atoms with Crippen LogP contribution >= 0.6 is 0 Å². The number of benzene rings is 2. The summed E-state index contributed by atoms with van der Waals surface area (Å²) >= 11 is 0. The Bertz CT molecular complexity index is 656. The van der Waals surface area contributed by atoms with Crippen LogP contribution in [0.3, 0.4) is 0 Å². The fourth-order valence-corrected chi connectivity index (χ4v) is 2.90. The quantitative estimate of drug-likeness (QED) is 0.913. The van der Waals surface area contributed by atoms with Gasteiger partial charge in [0, 0.05) is 17.5 Å². The van der Waals surface area contributed by atoms with Crippen molar-refractivity contribution < 1.29 is 14.3 Å². The average molecular weight is 273 g/mol. The Morgan fingerprint density at radius 1 is 1.25 bits per heavy atom. The van der Waals surface area contributed by atoms with E-state index in [9.17, 15) is 14.3 Å². The van der Waals surface area contributed by atoms with Crippen LogP contribution in [0.25, 0.3) is 10.8 Å². The minimum Gasteiger partial charge on any atom is -0.394 e. The molecular weight excluding hydrogens is 257 g/mol. The highest BCUT2D eigenvalue weighted by atomic mass is 19.1. The molecule has 3 nitrogen and oxygen atoms in total. The maximum atomic E-state index is 13.8. The maximum Gasteiger partial charge on any atom is 0.254 e. The van der Waals surface area contributed by atoms with Crippen LogP contribution in [0.4, 0.5) is 4.39 Å². The molecule has 1 fully saturated rings. The van der Waals surface area contributed by atoms with Gasteiger partial charge >= 0.3 is 0 Å². The average Bonchev–Trinajstić information content (AvgIpc) is 2.96. The number of amides is 1. The van der Waals surface area contributed by atoms with Crippen LogP contribution in [-0.2, 0) is 0 Å². The highest BCUT2D eigenvalue weighted by Crippen LogP contribution is 2.26. The number of hydrogen-bond acceptors (Lipinski definition) is 2. The number of fused-ring (bicyclic) bond motifs is 1. The predicted octanol–water partition coefficient (Wildman–Crippen LogP) is 2.58. The van der Waals surface area contributed by atoms with E-state index in [2.05, 4.69) is 0 Å². The smallest absolute Gasteiger partial charge is 0.254 e. The molecule has 1 N–H and O–H groups in total. The van der Waals surface area contributed by atoms with E-state index in [0.29, 0.717) is 22.9 Å². The van der Waals surface area contributed by atoms with Crippen molar-refractivity contribution in [2.45, 2.75) is 18.9 Å².